The Morgan fingerprint density at radius 1 is 1.54 bits per heavy atom. The summed E-state index contributed by atoms with van der Waals surface area (Å²) in [6.07, 6.45) is 0.0294. The van der Waals surface area contributed by atoms with Crippen molar-refractivity contribution in [3.8, 4) is 0 Å². The number of hydrogen-bond donors (Lipinski definition) is 1. The van der Waals surface area contributed by atoms with Gasteiger partial charge in [0, 0.05) is 12.1 Å². The Labute approximate surface area is 74.3 Å². The van der Waals surface area contributed by atoms with Crippen LogP contribution in [0, 0.1) is 10.1 Å². The minimum Gasteiger partial charge on any atom is -0.369 e. The van der Waals surface area contributed by atoms with E-state index in [2.05, 4.69) is 0 Å². The Bertz CT molecular complexity index is 349. The van der Waals surface area contributed by atoms with Crippen LogP contribution in [0.5, 0.6) is 0 Å². The van der Waals surface area contributed by atoms with Crippen molar-refractivity contribution in [2.45, 2.75) is 6.42 Å². The van der Waals surface area contributed by atoms with Crippen LogP contribution in [0.4, 0.5) is 5.69 Å². The van der Waals surface area contributed by atoms with Gasteiger partial charge in [0.15, 0.2) is 0 Å². The molecule has 2 N–H and O–H groups in total. The zero-order valence-electron chi connectivity index (χ0n) is 6.77. The molecular formula is C8H8N2O3. The molecule has 1 aromatic rings. The number of nitrogens with two attached hydrogens (primary N) is 1. The Kier molecular flexibility index (Phi) is 2.59. The lowest BCUT2D eigenvalue weighted by Crippen LogP contribution is -2.13. The summed E-state index contributed by atoms with van der Waals surface area (Å²) in [4.78, 5) is 20.3. The lowest BCUT2D eigenvalue weighted by atomic mass is 10.1. The summed E-state index contributed by atoms with van der Waals surface area (Å²) in [5.74, 6) is -0.500. The van der Waals surface area contributed by atoms with Crippen LogP contribution >= 0.6 is 0 Å². The molecule has 0 aliphatic rings. The molecule has 0 aliphatic heterocycles. The van der Waals surface area contributed by atoms with Gasteiger partial charge < -0.3 is 5.73 Å². The molecule has 0 spiro atoms. The van der Waals surface area contributed by atoms with E-state index < -0.39 is 10.8 Å². The smallest absolute Gasteiger partial charge is 0.269 e. The third-order valence-electron chi connectivity index (χ3n) is 1.50. The monoisotopic (exact) mass is 180 g/mol. The molecule has 1 aromatic carbocycles. The van der Waals surface area contributed by atoms with Gasteiger partial charge in [0.05, 0.1) is 11.3 Å². The number of non-ortho nitro benzene ring substituents is 1. The molecule has 1 amide bonds. The number of rotatable bonds is 3. The van der Waals surface area contributed by atoms with Gasteiger partial charge in [-0.2, -0.15) is 0 Å². The number of carbonyl (C=O) groups is 1. The third-order valence-corrected chi connectivity index (χ3v) is 1.50. The van der Waals surface area contributed by atoms with Crippen LogP contribution < -0.4 is 5.73 Å². The zero-order valence-corrected chi connectivity index (χ0v) is 6.77. The number of nitro groups is 1. The molecule has 0 bridgehead atoms. The quantitative estimate of drug-likeness (QED) is 0.546. The van der Waals surface area contributed by atoms with Gasteiger partial charge in [-0.1, -0.05) is 12.1 Å². The second-order valence-corrected chi connectivity index (χ2v) is 2.57. The Morgan fingerprint density at radius 2 is 2.23 bits per heavy atom. The van der Waals surface area contributed by atoms with E-state index in [4.69, 9.17) is 5.73 Å². The molecule has 0 fully saturated rings. The van der Waals surface area contributed by atoms with Gasteiger partial charge in [-0.15, -0.1) is 0 Å². The summed E-state index contributed by atoms with van der Waals surface area (Å²) < 4.78 is 0. The van der Waals surface area contributed by atoms with Gasteiger partial charge in [0.1, 0.15) is 0 Å². The first kappa shape index (κ1) is 9.18. The summed E-state index contributed by atoms with van der Waals surface area (Å²) in [6.45, 7) is 0. The highest BCUT2D eigenvalue weighted by molar-refractivity contribution is 5.76. The lowest BCUT2D eigenvalue weighted by Gasteiger charge is -1.96. The molecule has 1 rings (SSSR count). The molecule has 5 nitrogen and oxygen atoms in total. The minimum atomic E-state index is -0.509. The number of primary amides is 1. The van der Waals surface area contributed by atoms with Crippen molar-refractivity contribution in [2.24, 2.45) is 5.73 Å². The fourth-order valence-electron chi connectivity index (χ4n) is 0.981. The Morgan fingerprint density at radius 3 is 2.77 bits per heavy atom. The van der Waals surface area contributed by atoms with Crippen LogP contribution in [0.2, 0.25) is 0 Å². The van der Waals surface area contributed by atoms with Crippen molar-refractivity contribution in [3.05, 3.63) is 39.9 Å². The summed E-state index contributed by atoms with van der Waals surface area (Å²) >= 11 is 0. The standard InChI is InChI=1S/C8H8N2O3/c9-8(11)5-6-2-1-3-7(4-6)10(12)13/h1-4H,5H2,(H2,9,11). The number of benzene rings is 1. The third kappa shape index (κ3) is 2.55. The van der Waals surface area contributed by atoms with Crippen LogP contribution in [0.25, 0.3) is 0 Å². The van der Waals surface area contributed by atoms with E-state index in [1.807, 2.05) is 0 Å². The van der Waals surface area contributed by atoms with Crippen molar-refractivity contribution in [1.82, 2.24) is 0 Å². The number of hydrogen-bond acceptors (Lipinski definition) is 3. The summed E-state index contributed by atoms with van der Waals surface area (Å²) in [5, 5.41) is 10.3. The van der Waals surface area contributed by atoms with E-state index in [-0.39, 0.29) is 12.1 Å². The molecule has 0 atom stereocenters. The van der Waals surface area contributed by atoms with Gasteiger partial charge >= 0.3 is 0 Å². The van der Waals surface area contributed by atoms with Crippen LogP contribution in [-0.4, -0.2) is 10.8 Å². The van der Waals surface area contributed by atoms with E-state index in [9.17, 15) is 14.9 Å². The number of nitro benzene ring substituents is 1. The van der Waals surface area contributed by atoms with Gasteiger partial charge in [-0.3, -0.25) is 14.9 Å². The minimum absolute atomic E-state index is 0.0289. The van der Waals surface area contributed by atoms with Gasteiger partial charge in [-0.05, 0) is 5.56 Å². The predicted octanol–water partition coefficient (Wildman–Crippen LogP) is 0.623. The maximum Gasteiger partial charge on any atom is 0.269 e. The summed E-state index contributed by atoms with van der Waals surface area (Å²) in [7, 11) is 0. The second-order valence-electron chi connectivity index (χ2n) is 2.57. The average molecular weight is 180 g/mol. The van der Waals surface area contributed by atoms with E-state index in [0.29, 0.717) is 5.56 Å². The van der Waals surface area contributed by atoms with Crippen molar-refractivity contribution in [1.29, 1.82) is 0 Å². The molecule has 68 valence electrons. The lowest BCUT2D eigenvalue weighted by molar-refractivity contribution is -0.384. The fourth-order valence-corrected chi connectivity index (χ4v) is 0.981. The van der Waals surface area contributed by atoms with Crippen molar-refractivity contribution in [2.75, 3.05) is 0 Å². The highest BCUT2D eigenvalue weighted by Crippen LogP contribution is 2.12. The van der Waals surface area contributed by atoms with E-state index >= 15 is 0 Å². The zero-order chi connectivity index (χ0) is 9.84. The molecule has 0 aromatic heterocycles. The molecule has 5 heteroatoms. The Balaban J connectivity index is 2.91. The molecule has 13 heavy (non-hydrogen) atoms. The average Bonchev–Trinajstić information content (AvgIpc) is 2.03. The van der Waals surface area contributed by atoms with Crippen molar-refractivity contribution in [3.63, 3.8) is 0 Å². The van der Waals surface area contributed by atoms with E-state index in [1.165, 1.54) is 18.2 Å². The van der Waals surface area contributed by atoms with E-state index in [0.717, 1.165) is 0 Å². The molecule has 0 heterocycles. The van der Waals surface area contributed by atoms with Crippen LogP contribution in [0.3, 0.4) is 0 Å². The van der Waals surface area contributed by atoms with Crippen LogP contribution in [0.15, 0.2) is 24.3 Å². The van der Waals surface area contributed by atoms with Crippen molar-refractivity contribution >= 4 is 11.6 Å². The molecule has 0 saturated heterocycles. The highest BCUT2D eigenvalue weighted by atomic mass is 16.6. The van der Waals surface area contributed by atoms with Gasteiger partial charge in [0.25, 0.3) is 5.69 Å². The number of carbonyl (C=O) groups excluding carboxylic acids is 1. The van der Waals surface area contributed by atoms with Crippen molar-refractivity contribution < 1.29 is 9.72 Å². The van der Waals surface area contributed by atoms with Gasteiger partial charge in [0.2, 0.25) is 5.91 Å². The number of nitrogens with zero attached hydrogens (tertiary/aromatic N) is 1. The summed E-state index contributed by atoms with van der Waals surface area (Å²) in [5.41, 5.74) is 5.47. The first-order chi connectivity index (χ1) is 6.09. The van der Waals surface area contributed by atoms with Crippen LogP contribution in [-0.2, 0) is 11.2 Å². The Hall–Kier alpha value is -1.91. The SMILES string of the molecule is NC(=O)Cc1cccc([N+](=O)[O-])c1. The van der Waals surface area contributed by atoms with E-state index in [1.54, 1.807) is 6.07 Å². The first-order valence-electron chi connectivity index (χ1n) is 3.61. The topological polar surface area (TPSA) is 86.2 Å². The normalized spacial score (nSPS) is 9.54. The molecule has 0 unspecified atom stereocenters. The molecule has 0 aliphatic carbocycles. The predicted molar refractivity (Wildman–Crippen MR) is 46.0 cm³/mol. The largest absolute Gasteiger partial charge is 0.369 e. The van der Waals surface area contributed by atoms with Gasteiger partial charge in [-0.25, -0.2) is 0 Å². The number of amides is 1. The maximum absolute atomic E-state index is 10.5. The summed E-state index contributed by atoms with van der Waals surface area (Å²) in [6, 6.07) is 5.85. The van der Waals surface area contributed by atoms with Crippen LogP contribution in [0.1, 0.15) is 5.56 Å². The molecule has 0 radical (unpaired) electrons. The second kappa shape index (κ2) is 3.66. The maximum atomic E-state index is 10.5. The highest BCUT2D eigenvalue weighted by Gasteiger charge is 2.06. The molecule has 0 saturated carbocycles. The molecular weight excluding hydrogens is 172 g/mol. The first-order valence-corrected chi connectivity index (χ1v) is 3.61. The fraction of sp³-hybridized carbons (Fsp3) is 0.125.